The molecule has 0 aliphatic rings. The van der Waals surface area contributed by atoms with Gasteiger partial charge in [0.25, 0.3) is 0 Å². The maximum absolute atomic E-state index is 2.47. The van der Waals surface area contributed by atoms with Gasteiger partial charge in [0.05, 0.1) is 49.8 Å². The summed E-state index contributed by atoms with van der Waals surface area (Å²) in [7, 11) is 0. The number of fused-ring (bicyclic) bond motifs is 25. The van der Waals surface area contributed by atoms with Gasteiger partial charge in [-0.25, -0.2) is 0 Å². The number of aromatic nitrogens is 4. The molecule has 0 amide bonds. The Morgan fingerprint density at radius 1 is 0.137 bits per heavy atom. The Hall–Kier alpha value is -17.6. The van der Waals surface area contributed by atoms with Crippen molar-refractivity contribution < 1.29 is 0 Å². The van der Waals surface area contributed by atoms with Crippen molar-refractivity contribution in [2.75, 3.05) is 0 Å². The Morgan fingerprint density at radius 2 is 0.397 bits per heavy atom. The molecule has 0 spiro atoms. The second-order valence-corrected chi connectivity index (χ2v) is 42.3. The molecule has 0 saturated carbocycles. The molecule has 146 heavy (non-hydrogen) atoms. The molecule has 31 rings (SSSR count). The van der Waals surface area contributed by atoms with Gasteiger partial charge < -0.3 is 18.3 Å². The normalized spacial score (nSPS) is 11.8. The molecule has 0 N–H and O–H groups in total. The standard InChI is InChI=1S/C40H25NS.C36H23NS.C32H23NS.C30H19NS/c1-2-11-26(12-3-1)28-23-24-37(31-14-5-4-13-30(28)31)41-36-19-8-6-15-32(36)33-22-21-27(25-38(33)41)29-17-10-18-35-34-16-7-9-20-39(34)42-40(29)35;1-2-9-24(10-3-1)25-17-20-27(21-18-25)37-33-15-6-4-11-29(33)30-22-19-26(23-34(30)37)28-13-8-14-32-31-12-5-7-16-35(31)38-36(28)32;1-20-16-21(2)18-23(17-20)33-29-12-5-3-8-25(29)26-15-14-22(19-30(26)33)24-10-7-11-28-27-9-4-6-13-31(27)34-32(24)28;1-2-9-21(10-3-1)31-27-15-6-4-11-23(27)24-18-17-20(19-28(24)31)22-13-8-14-26-25-12-5-7-16-29(25)32-30(22)26/h1-25H;1-23H;3-19H,1-2H3;1-19H. The lowest BCUT2D eigenvalue weighted by molar-refractivity contribution is 1.16. The van der Waals surface area contributed by atoms with Crippen LogP contribution in [0.1, 0.15) is 11.1 Å². The Balaban J connectivity index is 0.0000000947. The maximum atomic E-state index is 2.47. The third-order valence-corrected chi connectivity index (χ3v) is 34.4. The summed E-state index contributed by atoms with van der Waals surface area (Å²) in [5.41, 5.74) is 32.4. The van der Waals surface area contributed by atoms with Crippen LogP contribution in [0.3, 0.4) is 0 Å². The highest BCUT2D eigenvalue weighted by atomic mass is 32.1. The van der Waals surface area contributed by atoms with E-state index in [0.29, 0.717) is 0 Å². The Morgan fingerprint density at radius 3 is 0.767 bits per heavy atom. The van der Waals surface area contributed by atoms with Crippen LogP contribution in [0, 0.1) is 13.8 Å². The number of nitrogens with zero attached hydrogens (tertiary/aromatic N) is 4. The quantitative estimate of drug-likeness (QED) is 0.130. The first-order valence-electron chi connectivity index (χ1n) is 49.9. The highest BCUT2D eigenvalue weighted by molar-refractivity contribution is 7.27. The van der Waals surface area contributed by atoms with Crippen LogP contribution in [0.5, 0.6) is 0 Å². The zero-order chi connectivity index (χ0) is 96.6. The highest BCUT2D eigenvalue weighted by Gasteiger charge is 2.24. The molecule has 0 radical (unpaired) electrons. The molecule has 31 aromatic rings. The SMILES string of the molecule is Cc1cc(C)cc(-n2c3ccccc3c3ccc(-c4cccc5c4sc4ccccc45)cc32)c1.c1ccc(-c2ccc(-n3c4ccccc4c4ccc(-c5cccc6c5sc5ccccc56)cc43)c3ccccc23)cc1.c1ccc(-c2ccc(-n3c4ccccc4c4ccc(-c5cccc6c5sc5ccccc56)cc43)cc2)cc1.c1ccc(-n2c3ccccc3c3ccc(-c4cccc5c4sc4ccccc45)cc32)cc1. The van der Waals surface area contributed by atoms with Crippen molar-refractivity contribution in [1.82, 2.24) is 18.3 Å². The molecule has 0 bridgehead atoms. The van der Waals surface area contributed by atoms with Crippen LogP contribution in [0.2, 0.25) is 0 Å². The van der Waals surface area contributed by atoms with Gasteiger partial charge in [-0.2, -0.15) is 0 Å². The van der Waals surface area contributed by atoms with Gasteiger partial charge in [-0.1, -0.05) is 394 Å². The van der Waals surface area contributed by atoms with E-state index in [1.165, 1.54) is 279 Å². The van der Waals surface area contributed by atoms with E-state index in [1.807, 2.05) is 45.3 Å². The number of para-hydroxylation sites is 5. The summed E-state index contributed by atoms with van der Waals surface area (Å²) in [6, 6.07) is 186. The molecule has 23 aromatic carbocycles. The van der Waals surface area contributed by atoms with Crippen LogP contribution in [-0.2, 0) is 0 Å². The fourth-order valence-electron chi connectivity index (χ4n) is 23.0. The fourth-order valence-corrected chi connectivity index (χ4v) is 27.9. The van der Waals surface area contributed by atoms with Gasteiger partial charge in [-0.05, 0) is 212 Å². The van der Waals surface area contributed by atoms with E-state index in [4.69, 9.17) is 0 Å². The van der Waals surface area contributed by atoms with Crippen molar-refractivity contribution in [3.63, 3.8) is 0 Å². The molecule has 4 nitrogen and oxygen atoms in total. The van der Waals surface area contributed by atoms with E-state index in [0.717, 1.165) is 0 Å². The van der Waals surface area contributed by atoms with Gasteiger partial charge in [0.15, 0.2) is 0 Å². The monoisotopic (exact) mass is 1930 g/mol. The van der Waals surface area contributed by atoms with E-state index < -0.39 is 0 Å². The number of rotatable bonds is 10. The summed E-state index contributed by atoms with van der Waals surface area (Å²) in [6.07, 6.45) is 0. The molecule has 0 aliphatic heterocycles. The molecule has 0 atom stereocenters. The number of benzene rings is 23. The van der Waals surface area contributed by atoms with Gasteiger partial charge >= 0.3 is 0 Å². The first kappa shape index (κ1) is 86.3. The minimum Gasteiger partial charge on any atom is -0.309 e. The Kier molecular flexibility index (Phi) is 21.2. The van der Waals surface area contributed by atoms with Crippen molar-refractivity contribution in [3.05, 3.63) is 521 Å². The highest BCUT2D eigenvalue weighted by Crippen LogP contribution is 2.50. The van der Waals surface area contributed by atoms with Gasteiger partial charge in [-0.15, -0.1) is 45.3 Å². The maximum Gasteiger partial charge on any atom is 0.0547 e. The van der Waals surface area contributed by atoms with Crippen LogP contribution in [0.4, 0.5) is 0 Å². The third kappa shape index (κ3) is 14.6. The van der Waals surface area contributed by atoms with Crippen molar-refractivity contribution in [2.45, 2.75) is 13.8 Å². The van der Waals surface area contributed by atoms with Crippen LogP contribution in [0.25, 0.3) is 268 Å². The second kappa shape index (κ2) is 35.8. The lowest BCUT2D eigenvalue weighted by Crippen LogP contribution is -1.96. The van der Waals surface area contributed by atoms with E-state index >= 15 is 0 Å². The Labute approximate surface area is 859 Å². The third-order valence-electron chi connectivity index (χ3n) is 29.5. The van der Waals surface area contributed by atoms with E-state index in [-0.39, 0.29) is 0 Å². The van der Waals surface area contributed by atoms with Crippen LogP contribution < -0.4 is 0 Å². The molecule has 686 valence electrons. The number of thiophene rings is 4. The lowest BCUT2D eigenvalue weighted by atomic mass is 9.97. The van der Waals surface area contributed by atoms with E-state index in [9.17, 15) is 0 Å². The molecular formula is C138H90N4S4. The fraction of sp³-hybridized carbons (Fsp3) is 0.0145. The van der Waals surface area contributed by atoms with E-state index in [1.54, 1.807) is 0 Å². The van der Waals surface area contributed by atoms with Crippen molar-refractivity contribution in [1.29, 1.82) is 0 Å². The minimum absolute atomic E-state index is 1.17. The lowest BCUT2D eigenvalue weighted by Gasteiger charge is -2.15. The predicted molar refractivity (Wildman–Crippen MR) is 634 cm³/mol. The number of hydrogen-bond donors (Lipinski definition) is 0. The van der Waals surface area contributed by atoms with Gasteiger partial charge in [0, 0.05) is 146 Å². The number of hydrogen-bond acceptors (Lipinski definition) is 4. The van der Waals surface area contributed by atoms with Crippen molar-refractivity contribution >= 4 is 224 Å². The molecule has 0 fully saturated rings. The summed E-state index contributed by atoms with van der Waals surface area (Å²) >= 11 is 7.55. The zero-order valence-corrected chi connectivity index (χ0v) is 83.2. The van der Waals surface area contributed by atoms with Gasteiger partial charge in [0.2, 0.25) is 0 Å². The van der Waals surface area contributed by atoms with Crippen LogP contribution >= 0.6 is 45.3 Å². The second-order valence-electron chi connectivity index (χ2n) is 38.1. The minimum atomic E-state index is 1.17. The van der Waals surface area contributed by atoms with Crippen molar-refractivity contribution in [2.24, 2.45) is 0 Å². The van der Waals surface area contributed by atoms with Crippen LogP contribution in [-0.4, -0.2) is 18.3 Å². The molecule has 8 aromatic heterocycles. The average Bonchev–Trinajstić information content (AvgIpc) is 1.61. The zero-order valence-electron chi connectivity index (χ0n) is 79.9. The molecule has 0 saturated heterocycles. The predicted octanol–water partition coefficient (Wildman–Crippen LogP) is 40.4. The molecule has 0 unspecified atom stereocenters. The average molecular weight is 1930 g/mol. The topological polar surface area (TPSA) is 19.7 Å². The van der Waals surface area contributed by atoms with Crippen molar-refractivity contribution in [3.8, 4) is 89.5 Å². The van der Waals surface area contributed by atoms with Crippen LogP contribution in [0.15, 0.2) is 510 Å². The molecule has 8 heteroatoms. The smallest absolute Gasteiger partial charge is 0.0547 e. The van der Waals surface area contributed by atoms with Gasteiger partial charge in [0.1, 0.15) is 0 Å². The van der Waals surface area contributed by atoms with E-state index in [2.05, 4.69) is 542 Å². The summed E-state index contributed by atoms with van der Waals surface area (Å²) in [4.78, 5) is 0. The molecule has 8 heterocycles. The summed E-state index contributed by atoms with van der Waals surface area (Å²) < 4.78 is 20.5. The first-order valence-corrected chi connectivity index (χ1v) is 53.2. The molecular weight excluding hydrogens is 1840 g/mol. The molecule has 0 aliphatic carbocycles. The Bertz CT molecular complexity index is 10600. The summed E-state index contributed by atoms with van der Waals surface area (Å²) in [5, 5.41) is 23.5. The first-order chi connectivity index (χ1) is 72.2. The summed E-state index contributed by atoms with van der Waals surface area (Å²) in [5.74, 6) is 0. The summed E-state index contributed by atoms with van der Waals surface area (Å²) in [6.45, 7) is 4.36. The van der Waals surface area contributed by atoms with Gasteiger partial charge in [-0.3, -0.25) is 0 Å². The number of aryl methyl sites for hydroxylation is 2. The largest absolute Gasteiger partial charge is 0.309 e.